The van der Waals surface area contributed by atoms with Crippen molar-refractivity contribution in [3.8, 4) is 0 Å². The molecular formula is C12H24N4O. The van der Waals surface area contributed by atoms with E-state index in [0.29, 0.717) is 6.54 Å². The molecule has 0 bridgehead atoms. The Balaban J connectivity index is 2.60. The van der Waals surface area contributed by atoms with E-state index in [-0.39, 0.29) is 18.7 Å². The Labute approximate surface area is 103 Å². The minimum Gasteiger partial charge on any atom is -0.395 e. The van der Waals surface area contributed by atoms with Crippen LogP contribution in [0, 0.1) is 0 Å². The molecule has 0 aliphatic rings. The van der Waals surface area contributed by atoms with Gasteiger partial charge in [-0.05, 0) is 13.5 Å². The van der Waals surface area contributed by atoms with Crippen molar-refractivity contribution in [2.45, 2.75) is 38.4 Å². The number of imidazole rings is 1. The molecular weight excluding hydrogens is 216 g/mol. The predicted octanol–water partition coefficient (Wildman–Crippen LogP) is 0.340. The van der Waals surface area contributed by atoms with Crippen LogP contribution in [0.25, 0.3) is 0 Å². The molecule has 3 N–H and O–H groups in total. The molecule has 2 atom stereocenters. The first-order valence-electron chi connectivity index (χ1n) is 6.13. The smallest absolute Gasteiger partial charge is 0.122 e. The van der Waals surface area contributed by atoms with Gasteiger partial charge in [0.25, 0.3) is 0 Å². The quantitative estimate of drug-likeness (QED) is 0.721. The number of nitrogens with two attached hydrogens (primary N) is 1. The van der Waals surface area contributed by atoms with Crippen LogP contribution in [0.5, 0.6) is 0 Å². The van der Waals surface area contributed by atoms with Crippen molar-refractivity contribution in [1.29, 1.82) is 0 Å². The van der Waals surface area contributed by atoms with Gasteiger partial charge in [0.15, 0.2) is 0 Å². The molecule has 1 rings (SSSR count). The zero-order valence-corrected chi connectivity index (χ0v) is 11.0. The van der Waals surface area contributed by atoms with Gasteiger partial charge in [-0.3, -0.25) is 4.90 Å². The van der Waals surface area contributed by atoms with E-state index in [1.807, 2.05) is 24.9 Å². The van der Waals surface area contributed by atoms with Crippen molar-refractivity contribution < 1.29 is 5.11 Å². The van der Waals surface area contributed by atoms with E-state index in [1.165, 1.54) is 0 Å². The maximum atomic E-state index is 9.44. The second-order valence-electron chi connectivity index (χ2n) is 4.57. The Morgan fingerprint density at radius 2 is 2.29 bits per heavy atom. The van der Waals surface area contributed by atoms with Crippen molar-refractivity contribution in [3.63, 3.8) is 0 Å². The molecule has 0 saturated heterocycles. The Kier molecular flexibility index (Phi) is 5.61. The molecule has 0 aliphatic heterocycles. The fraction of sp³-hybridized carbons (Fsp3) is 0.750. The molecule has 5 nitrogen and oxygen atoms in total. The van der Waals surface area contributed by atoms with Gasteiger partial charge in [-0.1, -0.05) is 13.3 Å². The molecule has 1 heterocycles. The maximum absolute atomic E-state index is 9.44. The first-order chi connectivity index (χ1) is 8.10. The van der Waals surface area contributed by atoms with E-state index < -0.39 is 0 Å². The summed E-state index contributed by atoms with van der Waals surface area (Å²) in [6.07, 6.45) is 5.66. The van der Waals surface area contributed by atoms with Gasteiger partial charge in [-0.15, -0.1) is 0 Å². The van der Waals surface area contributed by atoms with Gasteiger partial charge in [-0.2, -0.15) is 0 Å². The van der Waals surface area contributed by atoms with Crippen LogP contribution in [0.2, 0.25) is 0 Å². The van der Waals surface area contributed by atoms with Crippen LogP contribution in [0.3, 0.4) is 0 Å². The Morgan fingerprint density at radius 3 is 2.76 bits per heavy atom. The van der Waals surface area contributed by atoms with Gasteiger partial charge in [0.2, 0.25) is 0 Å². The topological polar surface area (TPSA) is 67.3 Å². The number of likely N-dealkylation sites (N-methyl/N-ethyl adjacent to an activating group) is 1. The third-order valence-corrected chi connectivity index (χ3v) is 3.18. The number of rotatable bonds is 7. The molecule has 0 radical (unpaired) electrons. The highest BCUT2D eigenvalue weighted by Crippen LogP contribution is 2.09. The Morgan fingerprint density at radius 1 is 1.59 bits per heavy atom. The van der Waals surface area contributed by atoms with Crippen LogP contribution in [0.15, 0.2) is 12.4 Å². The normalized spacial score (nSPS) is 15.2. The maximum Gasteiger partial charge on any atom is 0.122 e. The summed E-state index contributed by atoms with van der Waals surface area (Å²) >= 11 is 0. The molecule has 0 saturated carbocycles. The highest BCUT2D eigenvalue weighted by molar-refractivity contribution is 4.92. The van der Waals surface area contributed by atoms with Crippen molar-refractivity contribution >= 4 is 0 Å². The SMILES string of the molecule is CCCC(N)C(CO)N(C)Cc1nccn1C. The number of hydrogen-bond donors (Lipinski definition) is 2. The van der Waals surface area contributed by atoms with Gasteiger partial charge in [0.05, 0.1) is 13.2 Å². The zero-order chi connectivity index (χ0) is 12.8. The molecule has 98 valence electrons. The Hall–Kier alpha value is -0.910. The van der Waals surface area contributed by atoms with Crippen LogP contribution in [-0.4, -0.2) is 45.3 Å². The van der Waals surface area contributed by atoms with Crippen LogP contribution in [-0.2, 0) is 13.6 Å². The van der Waals surface area contributed by atoms with Gasteiger partial charge in [0.1, 0.15) is 5.82 Å². The molecule has 5 heteroatoms. The van der Waals surface area contributed by atoms with Crippen LogP contribution in [0.4, 0.5) is 0 Å². The lowest BCUT2D eigenvalue weighted by Crippen LogP contribution is -2.48. The van der Waals surface area contributed by atoms with Gasteiger partial charge >= 0.3 is 0 Å². The summed E-state index contributed by atoms with van der Waals surface area (Å²) in [5, 5.41) is 9.44. The van der Waals surface area contributed by atoms with E-state index >= 15 is 0 Å². The highest BCUT2D eigenvalue weighted by Gasteiger charge is 2.21. The summed E-state index contributed by atoms with van der Waals surface area (Å²) in [6.45, 7) is 2.89. The third kappa shape index (κ3) is 3.80. The predicted molar refractivity (Wildman–Crippen MR) is 68.4 cm³/mol. The zero-order valence-electron chi connectivity index (χ0n) is 11.0. The summed E-state index contributed by atoms with van der Waals surface area (Å²) in [5.41, 5.74) is 6.08. The van der Waals surface area contributed by atoms with Crippen molar-refractivity contribution in [2.75, 3.05) is 13.7 Å². The lowest BCUT2D eigenvalue weighted by Gasteiger charge is -2.30. The molecule has 0 aliphatic carbocycles. The summed E-state index contributed by atoms with van der Waals surface area (Å²) in [4.78, 5) is 6.35. The van der Waals surface area contributed by atoms with E-state index in [9.17, 15) is 5.11 Å². The van der Waals surface area contributed by atoms with Gasteiger partial charge < -0.3 is 15.4 Å². The number of nitrogens with zero attached hydrogens (tertiary/aromatic N) is 3. The lowest BCUT2D eigenvalue weighted by molar-refractivity contribution is 0.115. The average molecular weight is 240 g/mol. The molecule has 2 unspecified atom stereocenters. The third-order valence-electron chi connectivity index (χ3n) is 3.18. The number of aliphatic hydroxyl groups excluding tert-OH is 1. The summed E-state index contributed by atoms with van der Waals surface area (Å²) in [7, 11) is 3.95. The van der Waals surface area contributed by atoms with Crippen molar-refractivity contribution in [2.24, 2.45) is 12.8 Å². The van der Waals surface area contributed by atoms with E-state index in [4.69, 9.17) is 5.73 Å². The molecule has 0 fully saturated rings. The number of aryl methyl sites for hydroxylation is 1. The average Bonchev–Trinajstić information content (AvgIpc) is 2.66. The molecule has 0 amide bonds. The minimum atomic E-state index is -0.00773. The number of aliphatic hydroxyl groups is 1. The molecule has 1 aromatic rings. The van der Waals surface area contributed by atoms with Crippen molar-refractivity contribution in [1.82, 2.24) is 14.5 Å². The van der Waals surface area contributed by atoms with Crippen LogP contribution < -0.4 is 5.73 Å². The van der Waals surface area contributed by atoms with Gasteiger partial charge in [-0.25, -0.2) is 4.98 Å². The van der Waals surface area contributed by atoms with Gasteiger partial charge in [0, 0.05) is 31.5 Å². The molecule has 0 aromatic carbocycles. The van der Waals surface area contributed by atoms with E-state index in [0.717, 1.165) is 18.7 Å². The standard InChI is InChI=1S/C12H24N4O/c1-4-5-10(13)11(9-17)16(3)8-12-14-6-7-15(12)2/h6-7,10-11,17H,4-5,8-9,13H2,1-3H3. The van der Waals surface area contributed by atoms with Crippen LogP contribution in [0.1, 0.15) is 25.6 Å². The minimum absolute atomic E-state index is 0.00773. The first kappa shape index (κ1) is 14.2. The number of hydrogen-bond acceptors (Lipinski definition) is 4. The summed E-state index contributed by atoms with van der Waals surface area (Å²) < 4.78 is 1.98. The van der Waals surface area contributed by atoms with Crippen molar-refractivity contribution in [3.05, 3.63) is 18.2 Å². The first-order valence-corrected chi connectivity index (χ1v) is 6.13. The summed E-state index contributed by atoms with van der Waals surface area (Å²) in [6, 6.07) is 0.00178. The number of aromatic nitrogens is 2. The molecule has 0 spiro atoms. The second kappa shape index (κ2) is 6.74. The lowest BCUT2D eigenvalue weighted by atomic mass is 10.0. The fourth-order valence-corrected chi connectivity index (χ4v) is 2.02. The second-order valence-corrected chi connectivity index (χ2v) is 4.57. The summed E-state index contributed by atoms with van der Waals surface area (Å²) in [5.74, 6) is 0.981. The molecule has 17 heavy (non-hydrogen) atoms. The highest BCUT2D eigenvalue weighted by atomic mass is 16.3. The largest absolute Gasteiger partial charge is 0.395 e. The van der Waals surface area contributed by atoms with Crippen LogP contribution >= 0.6 is 0 Å². The van der Waals surface area contributed by atoms with E-state index in [1.54, 1.807) is 6.20 Å². The monoisotopic (exact) mass is 240 g/mol. The van der Waals surface area contributed by atoms with E-state index in [2.05, 4.69) is 16.8 Å². The molecule has 1 aromatic heterocycles. The Bertz CT molecular complexity index is 326. The fourth-order valence-electron chi connectivity index (χ4n) is 2.02.